The van der Waals surface area contributed by atoms with Crippen LogP contribution in [0.2, 0.25) is 0 Å². The first-order valence-electron chi connectivity index (χ1n) is 7.08. The van der Waals surface area contributed by atoms with E-state index in [9.17, 15) is 4.79 Å². The van der Waals surface area contributed by atoms with Gasteiger partial charge < -0.3 is 8.98 Å². The van der Waals surface area contributed by atoms with Crippen LogP contribution in [-0.2, 0) is 7.05 Å². The molecular weight excluding hydrogens is 292 g/mol. The second kappa shape index (κ2) is 5.17. The Morgan fingerprint density at radius 3 is 2.48 bits per heavy atom. The Morgan fingerprint density at radius 1 is 0.957 bits per heavy atom. The molecule has 0 bridgehead atoms. The lowest BCUT2D eigenvalue weighted by molar-refractivity contribution is 0.582. The van der Waals surface area contributed by atoms with Crippen molar-refractivity contribution in [3.8, 4) is 23.0 Å². The summed E-state index contributed by atoms with van der Waals surface area (Å²) in [5, 5.41) is 9.57. The van der Waals surface area contributed by atoms with Gasteiger partial charge >= 0.3 is 0 Å². The molecule has 6 nitrogen and oxygen atoms in total. The molecule has 0 saturated heterocycles. The molecule has 0 amide bonds. The van der Waals surface area contributed by atoms with E-state index in [0.29, 0.717) is 22.9 Å². The minimum Gasteiger partial charge on any atom is -0.415 e. The molecule has 0 aliphatic rings. The first kappa shape index (κ1) is 13.4. The van der Waals surface area contributed by atoms with Gasteiger partial charge in [0.2, 0.25) is 5.89 Å². The van der Waals surface area contributed by atoms with Crippen LogP contribution in [0.5, 0.6) is 0 Å². The summed E-state index contributed by atoms with van der Waals surface area (Å²) in [5.74, 6) is 0.705. The Hall–Kier alpha value is -3.28. The van der Waals surface area contributed by atoms with Gasteiger partial charge in [-0.3, -0.25) is 9.78 Å². The highest BCUT2D eigenvalue weighted by Crippen LogP contribution is 2.27. The third-order valence-corrected chi connectivity index (χ3v) is 3.63. The van der Waals surface area contributed by atoms with E-state index in [1.807, 2.05) is 30.3 Å². The highest BCUT2D eigenvalue weighted by atomic mass is 16.4. The molecule has 0 saturated carbocycles. The smallest absolute Gasteiger partial charge is 0.266 e. The summed E-state index contributed by atoms with van der Waals surface area (Å²) in [6.07, 6.45) is 3.38. The Labute approximate surface area is 131 Å². The number of nitrogens with zero attached hydrogens (tertiary/aromatic N) is 4. The molecule has 4 rings (SSSR count). The van der Waals surface area contributed by atoms with Crippen molar-refractivity contribution in [2.75, 3.05) is 0 Å². The van der Waals surface area contributed by atoms with Crippen molar-refractivity contribution in [3.05, 3.63) is 65.2 Å². The summed E-state index contributed by atoms with van der Waals surface area (Å²) in [5.41, 5.74) is 1.27. The largest absolute Gasteiger partial charge is 0.415 e. The molecule has 23 heavy (non-hydrogen) atoms. The lowest BCUT2D eigenvalue weighted by atomic mass is 10.1. The van der Waals surface area contributed by atoms with Crippen LogP contribution in [0.15, 0.2) is 64.1 Å². The van der Waals surface area contributed by atoms with Gasteiger partial charge in [-0.15, -0.1) is 10.2 Å². The molecule has 1 aromatic carbocycles. The molecule has 6 heteroatoms. The summed E-state index contributed by atoms with van der Waals surface area (Å²) in [7, 11) is 1.70. The fourth-order valence-corrected chi connectivity index (χ4v) is 2.51. The molecule has 4 aromatic rings. The second-order valence-electron chi connectivity index (χ2n) is 5.13. The minimum atomic E-state index is -0.0613. The van der Waals surface area contributed by atoms with Crippen molar-refractivity contribution in [1.29, 1.82) is 0 Å². The Kier molecular flexibility index (Phi) is 3.01. The van der Waals surface area contributed by atoms with E-state index in [4.69, 9.17) is 4.42 Å². The number of pyridine rings is 2. The van der Waals surface area contributed by atoms with Crippen molar-refractivity contribution in [3.63, 3.8) is 0 Å². The van der Waals surface area contributed by atoms with Crippen LogP contribution in [0.1, 0.15) is 0 Å². The first-order chi connectivity index (χ1) is 11.2. The summed E-state index contributed by atoms with van der Waals surface area (Å²) in [6.45, 7) is 0. The average Bonchev–Trinajstić information content (AvgIpc) is 3.09. The SMILES string of the molecule is Cn1cc(-c2nnc(-c3ccccn3)o2)c2ccccc2c1=O. The summed E-state index contributed by atoms with van der Waals surface area (Å²) in [4.78, 5) is 16.4. The number of aromatic nitrogens is 4. The lowest BCUT2D eigenvalue weighted by Crippen LogP contribution is -2.16. The third kappa shape index (κ3) is 2.20. The average molecular weight is 304 g/mol. The van der Waals surface area contributed by atoms with Crippen LogP contribution in [0.4, 0.5) is 0 Å². The van der Waals surface area contributed by atoms with E-state index in [-0.39, 0.29) is 5.56 Å². The van der Waals surface area contributed by atoms with Crippen LogP contribution in [-0.4, -0.2) is 19.7 Å². The fraction of sp³-hybridized carbons (Fsp3) is 0.0588. The van der Waals surface area contributed by atoms with Crippen LogP contribution in [0.3, 0.4) is 0 Å². The fourth-order valence-electron chi connectivity index (χ4n) is 2.51. The highest BCUT2D eigenvalue weighted by Gasteiger charge is 2.15. The standard InChI is InChI=1S/C17H12N4O2/c1-21-10-13(11-6-2-3-7-12(11)17(21)22)15-19-20-16(23-15)14-8-4-5-9-18-14/h2-10H,1H3. The molecule has 3 heterocycles. The van der Waals surface area contributed by atoms with E-state index in [1.54, 1.807) is 31.6 Å². The van der Waals surface area contributed by atoms with E-state index in [2.05, 4.69) is 15.2 Å². The van der Waals surface area contributed by atoms with E-state index in [0.717, 1.165) is 10.9 Å². The van der Waals surface area contributed by atoms with Gasteiger partial charge in [0.05, 0.1) is 5.56 Å². The van der Waals surface area contributed by atoms with Gasteiger partial charge in [0.1, 0.15) is 5.69 Å². The number of hydrogen-bond donors (Lipinski definition) is 0. The zero-order valence-electron chi connectivity index (χ0n) is 12.3. The summed E-state index contributed by atoms with van der Waals surface area (Å²) in [6, 6.07) is 12.8. The zero-order chi connectivity index (χ0) is 15.8. The van der Waals surface area contributed by atoms with Gasteiger partial charge in [0.15, 0.2) is 0 Å². The number of aryl methyl sites for hydroxylation is 1. The quantitative estimate of drug-likeness (QED) is 0.569. The third-order valence-electron chi connectivity index (χ3n) is 3.63. The molecule has 0 N–H and O–H groups in total. The Bertz CT molecular complexity index is 1050. The topological polar surface area (TPSA) is 73.8 Å². The van der Waals surface area contributed by atoms with Crippen LogP contribution in [0.25, 0.3) is 33.8 Å². The maximum absolute atomic E-state index is 12.2. The minimum absolute atomic E-state index is 0.0613. The van der Waals surface area contributed by atoms with Crippen molar-refractivity contribution < 1.29 is 4.42 Å². The number of hydrogen-bond acceptors (Lipinski definition) is 5. The monoisotopic (exact) mass is 304 g/mol. The highest BCUT2D eigenvalue weighted by molar-refractivity contribution is 5.93. The van der Waals surface area contributed by atoms with Crippen LogP contribution >= 0.6 is 0 Å². The van der Waals surface area contributed by atoms with Crippen molar-refractivity contribution in [2.24, 2.45) is 7.05 Å². The molecule has 0 aliphatic carbocycles. The van der Waals surface area contributed by atoms with Gasteiger partial charge in [-0.2, -0.15) is 0 Å². The Balaban J connectivity index is 1.93. The number of benzene rings is 1. The van der Waals surface area contributed by atoms with Gasteiger partial charge in [-0.1, -0.05) is 24.3 Å². The molecule has 112 valence electrons. The zero-order valence-corrected chi connectivity index (χ0v) is 12.3. The van der Waals surface area contributed by atoms with Crippen molar-refractivity contribution in [1.82, 2.24) is 19.7 Å². The molecule has 0 atom stereocenters. The summed E-state index contributed by atoms with van der Waals surface area (Å²) < 4.78 is 7.27. The first-order valence-corrected chi connectivity index (χ1v) is 7.08. The molecule has 0 radical (unpaired) electrons. The second-order valence-corrected chi connectivity index (χ2v) is 5.13. The maximum Gasteiger partial charge on any atom is 0.266 e. The van der Waals surface area contributed by atoms with E-state index < -0.39 is 0 Å². The molecular formula is C17H12N4O2. The van der Waals surface area contributed by atoms with E-state index in [1.165, 1.54) is 4.57 Å². The molecule has 3 aromatic heterocycles. The molecule has 0 aliphatic heterocycles. The lowest BCUT2D eigenvalue weighted by Gasteiger charge is -2.05. The van der Waals surface area contributed by atoms with Crippen molar-refractivity contribution in [2.45, 2.75) is 0 Å². The predicted octanol–water partition coefficient (Wildman–Crippen LogP) is 2.65. The molecule has 0 unspecified atom stereocenters. The maximum atomic E-state index is 12.2. The number of fused-ring (bicyclic) bond motifs is 1. The molecule has 0 spiro atoms. The Morgan fingerprint density at radius 2 is 1.70 bits per heavy atom. The normalized spacial score (nSPS) is 11.0. The van der Waals surface area contributed by atoms with Gasteiger partial charge in [-0.25, -0.2) is 0 Å². The van der Waals surface area contributed by atoms with Gasteiger partial charge in [0, 0.05) is 30.2 Å². The predicted molar refractivity (Wildman–Crippen MR) is 85.7 cm³/mol. The molecule has 0 fully saturated rings. The van der Waals surface area contributed by atoms with Crippen LogP contribution in [0, 0.1) is 0 Å². The summed E-state index contributed by atoms with van der Waals surface area (Å²) >= 11 is 0. The van der Waals surface area contributed by atoms with Gasteiger partial charge in [-0.05, 0) is 18.2 Å². The van der Waals surface area contributed by atoms with Crippen LogP contribution < -0.4 is 5.56 Å². The van der Waals surface area contributed by atoms with E-state index >= 15 is 0 Å². The van der Waals surface area contributed by atoms with Crippen molar-refractivity contribution >= 4 is 10.8 Å². The van der Waals surface area contributed by atoms with Gasteiger partial charge in [0.25, 0.3) is 11.4 Å². The number of rotatable bonds is 2.